The Kier molecular flexibility index (Phi) is 4.00. The topological polar surface area (TPSA) is 71.0 Å². The van der Waals surface area contributed by atoms with Crippen LogP contribution in [0.3, 0.4) is 0 Å². The normalized spacial score (nSPS) is 18.4. The molecule has 0 radical (unpaired) electrons. The van der Waals surface area contributed by atoms with Gasteiger partial charge in [0.25, 0.3) is 0 Å². The number of amides is 1. The van der Waals surface area contributed by atoms with E-state index in [4.69, 9.17) is 0 Å². The lowest BCUT2D eigenvalue weighted by atomic mass is 10.1. The molecule has 0 spiro atoms. The molecular weight excluding hydrogens is 278 g/mol. The second-order valence-corrected chi connectivity index (χ2v) is 5.61. The van der Waals surface area contributed by atoms with Gasteiger partial charge < -0.3 is 10.2 Å². The molecule has 2 aromatic heterocycles. The predicted octanol–water partition coefficient (Wildman–Crippen LogP) is 1.88. The van der Waals surface area contributed by atoms with E-state index in [9.17, 15) is 4.79 Å². The Bertz CT molecular complexity index is 673. The van der Waals surface area contributed by atoms with Gasteiger partial charge in [-0.25, -0.2) is 9.97 Å². The Morgan fingerprint density at radius 1 is 1.36 bits per heavy atom. The summed E-state index contributed by atoms with van der Waals surface area (Å²) in [5.74, 6) is 1.66. The van der Waals surface area contributed by atoms with Crippen LogP contribution in [0.1, 0.15) is 18.5 Å². The van der Waals surface area contributed by atoms with E-state index >= 15 is 0 Å². The molecule has 1 atom stereocenters. The van der Waals surface area contributed by atoms with E-state index in [0.29, 0.717) is 18.8 Å². The number of pyridine rings is 1. The number of rotatable bonds is 3. The highest BCUT2D eigenvalue weighted by Crippen LogP contribution is 2.19. The van der Waals surface area contributed by atoms with Crippen LogP contribution in [0.25, 0.3) is 11.4 Å². The molecule has 6 nitrogen and oxygen atoms in total. The maximum absolute atomic E-state index is 11.6. The molecule has 3 heterocycles. The van der Waals surface area contributed by atoms with Gasteiger partial charge in [-0.3, -0.25) is 9.78 Å². The van der Waals surface area contributed by atoms with Crippen molar-refractivity contribution >= 4 is 11.7 Å². The minimum Gasteiger partial charge on any atom is -0.365 e. The molecule has 1 unspecified atom stereocenters. The number of likely N-dealkylation sites (tertiary alicyclic amines) is 1. The van der Waals surface area contributed by atoms with Gasteiger partial charge in [0.15, 0.2) is 5.82 Å². The molecule has 3 rings (SSSR count). The summed E-state index contributed by atoms with van der Waals surface area (Å²) in [5, 5.41) is 3.42. The fraction of sp³-hybridized carbons (Fsp3) is 0.375. The Hall–Kier alpha value is -2.50. The highest BCUT2D eigenvalue weighted by molar-refractivity contribution is 5.77. The molecule has 1 aliphatic heterocycles. The largest absolute Gasteiger partial charge is 0.365 e. The maximum Gasteiger partial charge on any atom is 0.222 e. The first-order valence-electron chi connectivity index (χ1n) is 7.38. The first-order valence-corrected chi connectivity index (χ1v) is 7.38. The summed E-state index contributed by atoms with van der Waals surface area (Å²) in [6.07, 6.45) is 4.89. The third-order valence-corrected chi connectivity index (χ3v) is 3.75. The van der Waals surface area contributed by atoms with Crippen LogP contribution in [-0.2, 0) is 4.79 Å². The van der Waals surface area contributed by atoms with Gasteiger partial charge in [0.05, 0.1) is 0 Å². The fourth-order valence-electron chi connectivity index (χ4n) is 2.61. The van der Waals surface area contributed by atoms with E-state index in [1.165, 1.54) is 0 Å². The summed E-state index contributed by atoms with van der Waals surface area (Å²) in [5.41, 5.74) is 1.79. The zero-order valence-electron chi connectivity index (χ0n) is 12.8. The third-order valence-electron chi connectivity index (χ3n) is 3.75. The van der Waals surface area contributed by atoms with E-state index in [1.807, 2.05) is 32.2 Å². The number of hydrogen-bond donors (Lipinski definition) is 1. The molecule has 1 saturated heterocycles. The van der Waals surface area contributed by atoms with Crippen molar-refractivity contribution in [1.82, 2.24) is 19.9 Å². The second-order valence-electron chi connectivity index (χ2n) is 5.61. The molecule has 6 heteroatoms. The third kappa shape index (κ3) is 3.21. The van der Waals surface area contributed by atoms with Crippen molar-refractivity contribution in [3.05, 3.63) is 36.3 Å². The van der Waals surface area contributed by atoms with E-state index in [1.54, 1.807) is 17.3 Å². The first kappa shape index (κ1) is 14.4. The van der Waals surface area contributed by atoms with Gasteiger partial charge in [-0.1, -0.05) is 0 Å². The van der Waals surface area contributed by atoms with Gasteiger partial charge in [-0.15, -0.1) is 0 Å². The Labute approximate surface area is 129 Å². The number of aromatic nitrogens is 3. The van der Waals surface area contributed by atoms with Crippen LogP contribution in [-0.4, -0.2) is 45.4 Å². The van der Waals surface area contributed by atoms with Crippen LogP contribution in [0, 0.1) is 6.92 Å². The zero-order chi connectivity index (χ0) is 15.5. The summed E-state index contributed by atoms with van der Waals surface area (Å²) in [7, 11) is 1.84. The van der Waals surface area contributed by atoms with Crippen molar-refractivity contribution in [2.24, 2.45) is 0 Å². The van der Waals surface area contributed by atoms with Gasteiger partial charge in [-0.05, 0) is 25.5 Å². The molecular formula is C16H19N5O. The lowest BCUT2D eigenvalue weighted by Gasteiger charge is -2.30. The van der Waals surface area contributed by atoms with Gasteiger partial charge in [-0.2, -0.15) is 0 Å². The van der Waals surface area contributed by atoms with Crippen molar-refractivity contribution in [3.8, 4) is 11.4 Å². The molecule has 0 aliphatic carbocycles. The van der Waals surface area contributed by atoms with Crippen LogP contribution in [0.4, 0.5) is 5.82 Å². The quantitative estimate of drug-likeness (QED) is 0.936. The monoisotopic (exact) mass is 297 g/mol. The second kappa shape index (κ2) is 6.09. The average Bonchev–Trinajstić information content (AvgIpc) is 2.51. The molecule has 0 saturated carbocycles. The standard InChI is InChI=1S/C16H19N5O/c1-11-8-14(19-13-5-6-15(22)21(2)10-13)20-16(18-11)12-4-3-7-17-9-12/h3-4,7-9,13H,5-6,10H2,1-2H3,(H,18,19,20). The molecule has 1 aliphatic rings. The van der Waals surface area contributed by atoms with Crippen LogP contribution < -0.4 is 5.32 Å². The molecule has 22 heavy (non-hydrogen) atoms. The Balaban J connectivity index is 1.80. The summed E-state index contributed by atoms with van der Waals surface area (Å²) in [4.78, 5) is 26.5. The summed E-state index contributed by atoms with van der Waals surface area (Å²) in [6.45, 7) is 2.65. The van der Waals surface area contributed by atoms with Gasteiger partial charge in [0, 0.05) is 55.8 Å². The lowest BCUT2D eigenvalue weighted by molar-refractivity contribution is -0.132. The summed E-state index contributed by atoms with van der Waals surface area (Å²) >= 11 is 0. The molecule has 0 bridgehead atoms. The van der Waals surface area contributed by atoms with Crippen LogP contribution in [0.15, 0.2) is 30.6 Å². The zero-order valence-corrected chi connectivity index (χ0v) is 12.8. The number of piperidine rings is 1. The van der Waals surface area contributed by atoms with Crippen LogP contribution in [0.5, 0.6) is 0 Å². The SMILES string of the molecule is Cc1cc(NC2CCC(=O)N(C)C2)nc(-c2cccnc2)n1. The average molecular weight is 297 g/mol. The van der Waals surface area contributed by atoms with Gasteiger partial charge >= 0.3 is 0 Å². The van der Waals surface area contributed by atoms with Crippen molar-refractivity contribution < 1.29 is 4.79 Å². The van der Waals surface area contributed by atoms with E-state index in [-0.39, 0.29) is 11.9 Å². The molecule has 114 valence electrons. The first-order chi connectivity index (χ1) is 10.6. The van der Waals surface area contributed by atoms with Crippen LogP contribution in [0.2, 0.25) is 0 Å². The number of nitrogens with zero attached hydrogens (tertiary/aromatic N) is 4. The minimum atomic E-state index is 0.202. The lowest BCUT2D eigenvalue weighted by Crippen LogP contribution is -2.43. The van der Waals surface area contributed by atoms with E-state index < -0.39 is 0 Å². The highest BCUT2D eigenvalue weighted by Gasteiger charge is 2.23. The molecule has 1 N–H and O–H groups in total. The molecule has 1 fully saturated rings. The van der Waals surface area contributed by atoms with E-state index in [0.717, 1.165) is 23.5 Å². The van der Waals surface area contributed by atoms with Gasteiger partial charge in [0.2, 0.25) is 5.91 Å². The van der Waals surface area contributed by atoms with Gasteiger partial charge in [0.1, 0.15) is 5.82 Å². The van der Waals surface area contributed by atoms with Crippen molar-refractivity contribution in [2.45, 2.75) is 25.8 Å². The number of likely N-dealkylation sites (N-methyl/N-ethyl adjacent to an activating group) is 1. The predicted molar refractivity (Wildman–Crippen MR) is 84.3 cm³/mol. The maximum atomic E-state index is 11.6. The number of hydrogen-bond acceptors (Lipinski definition) is 5. The molecule has 1 amide bonds. The van der Waals surface area contributed by atoms with Crippen molar-refractivity contribution in [2.75, 3.05) is 18.9 Å². The van der Waals surface area contributed by atoms with Crippen molar-refractivity contribution in [1.29, 1.82) is 0 Å². The number of anilines is 1. The Morgan fingerprint density at radius 3 is 2.95 bits per heavy atom. The number of nitrogens with one attached hydrogen (secondary N) is 1. The number of carbonyl (C=O) groups excluding carboxylic acids is 1. The number of carbonyl (C=O) groups is 1. The highest BCUT2D eigenvalue weighted by atomic mass is 16.2. The smallest absolute Gasteiger partial charge is 0.222 e. The molecule has 2 aromatic rings. The molecule has 0 aromatic carbocycles. The van der Waals surface area contributed by atoms with E-state index in [2.05, 4.69) is 20.3 Å². The fourth-order valence-corrected chi connectivity index (χ4v) is 2.61. The summed E-state index contributed by atoms with van der Waals surface area (Å²) < 4.78 is 0. The van der Waals surface area contributed by atoms with Crippen LogP contribution >= 0.6 is 0 Å². The summed E-state index contributed by atoms with van der Waals surface area (Å²) in [6, 6.07) is 5.96. The Morgan fingerprint density at radius 2 is 2.23 bits per heavy atom. The minimum absolute atomic E-state index is 0.202. The van der Waals surface area contributed by atoms with Crippen molar-refractivity contribution in [3.63, 3.8) is 0 Å². The number of aryl methyl sites for hydroxylation is 1.